The molecule has 1 amide bonds. The van der Waals surface area contributed by atoms with Crippen LogP contribution < -0.4 is 5.32 Å². The summed E-state index contributed by atoms with van der Waals surface area (Å²) in [7, 11) is 0. The molecule has 0 saturated heterocycles. The lowest BCUT2D eigenvalue weighted by molar-refractivity contribution is -0.119. The number of aromatic nitrogens is 5. The van der Waals surface area contributed by atoms with Crippen molar-refractivity contribution in [2.45, 2.75) is 26.4 Å². The van der Waals surface area contributed by atoms with E-state index in [4.69, 9.17) is 11.6 Å². The highest BCUT2D eigenvalue weighted by Crippen LogP contribution is 2.16. The van der Waals surface area contributed by atoms with Crippen LogP contribution in [0.3, 0.4) is 0 Å². The van der Waals surface area contributed by atoms with Crippen molar-refractivity contribution in [2.75, 3.05) is 5.32 Å². The van der Waals surface area contributed by atoms with Crippen molar-refractivity contribution < 1.29 is 4.79 Å². The number of aryl methyl sites for hydroxylation is 1. The summed E-state index contributed by atoms with van der Waals surface area (Å²) in [6, 6.07) is 8.93. The standard InChI is InChI=1S/C16H17ClN6O/c1-11-7-8-19-23(11)12(2)15(24)20-16-18-10-22(21-16)9-13-5-3-4-6-14(13)17/h3-8,10,12H,9H2,1-2H3,(H,20,21,24). The molecular weight excluding hydrogens is 328 g/mol. The van der Waals surface area contributed by atoms with Crippen LogP contribution in [0.25, 0.3) is 0 Å². The second-order valence-corrected chi connectivity index (χ2v) is 5.85. The number of carbonyl (C=O) groups excluding carboxylic acids is 1. The van der Waals surface area contributed by atoms with Gasteiger partial charge in [-0.05, 0) is 31.5 Å². The molecule has 1 unspecified atom stereocenters. The van der Waals surface area contributed by atoms with E-state index in [9.17, 15) is 4.79 Å². The number of nitrogens with one attached hydrogen (secondary N) is 1. The first-order chi connectivity index (χ1) is 11.5. The van der Waals surface area contributed by atoms with Gasteiger partial charge in [-0.15, -0.1) is 5.10 Å². The second-order valence-electron chi connectivity index (χ2n) is 5.44. The van der Waals surface area contributed by atoms with Crippen molar-refractivity contribution in [3.8, 4) is 0 Å². The zero-order valence-corrected chi connectivity index (χ0v) is 14.1. The Morgan fingerprint density at radius 3 is 2.83 bits per heavy atom. The van der Waals surface area contributed by atoms with Gasteiger partial charge >= 0.3 is 0 Å². The zero-order valence-electron chi connectivity index (χ0n) is 13.3. The predicted octanol–water partition coefficient (Wildman–Crippen LogP) is 2.68. The molecule has 2 aromatic heterocycles. The number of benzene rings is 1. The third kappa shape index (κ3) is 3.46. The normalized spacial score (nSPS) is 12.1. The fraction of sp³-hybridized carbons (Fsp3) is 0.250. The lowest BCUT2D eigenvalue weighted by Crippen LogP contribution is -2.25. The van der Waals surface area contributed by atoms with Gasteiger partial charge in [0.15, 0.2) is 0 Å². The largest absolute Gasteiger partial charge is 0.291 e. The Morgan fingerprint density at radius 2 is 2.12 bits per heavy atom. The minimum absolute atomic E-state index is 0.225. The fourth-order valence-corrected chi connectivity index (χ4v) is 2.54. The van der Waals surface area contributed by atoms with Gasteiger partial charge in [0.05, 0.1) is 6.54 Å². The highest BCUT2D eigenvalue weighted by molar-refractivity contribution is 6.31. The quantitative estimate of drug-likeness (QED) is 0.772. The number of amides is 1. The molecule has 7 nitrogen and oxygen atoms in total. The van der Waals surface area contributed by atoms with E-state index in [2.05, 4.69) is 20.5 Å². The summed E-state index contributed by atoms with van der Waals surface area (Å²) in [5, 5.41) is 11.8. The van der Waals surface area contributed by atoms with Crippen LogP contribution in [0.4, 0.5) is 5.95 Å². The molecule has 1 atom stereocenters. The number of hydrogen-bond acceptors (Lipinski definition) is 4. The van der Waals surface area contributed by atoms with Crippen molar-refractivity contribution in [3.63, 3.8) is 0 Å². The minimum atomic E-state index is -0.449. The summed E-state index contributed by atoms with van der Waals surface area (Å²) >= 11 is 6.14. The average molecular weight is 345 g/mol. The van der Waals surface area contributed by atoms with Crippen molar-refractivity contribution in [1.82, 2.24) is 24.5 Å². The number of anilines is 1. The lowest BCUT2D eigenvalue weighted by Gasteiger charge is -2.12. The van der Waals surface area contributed by atoms with Gasteiger partial charge in [0.25, 0.3) is 5.91 Å². The first-order valence-corrected chi connectivity index (χ1v) is 7.86. The maximum atomic E-state index is 12.3. The first-order valence-electron chi connectivity index (χ1n) is 7.48. The molecular formula is C16H17ClN6O. The topological polar surface area (TPSA) is 77.6 Å². The Balaban J connectivity index is 1.67. The number of halogens is 1. The van der Waals surface area contributed by atoms with E-state index >= 15 is 0 Å². The number of nitrogens with zero attached hydrogens (tertiary/aromatic N) is 5. The SMILES string of the molecule is Cc1ccnn1C(C)C(=O)Nc1ncn(Cc2ccccc2Cl)n1. The van der Waals surface area contributed by atoms with Crippen molar-refractivity contribution in [3.05, 3.63) is 59.1 Å². The second kappa shape index (κ2) is 6.84. The molecule has 0 radical (unpaired) electrons. The van der Waals surface area contributed by atoms with E-state index in [1.807, 2.05) is 37.3 Å². The van der Waals surface area contributed by atoms with Gasteiger partial charge in [-0.1, -0.05) is 29.8 Å². The smallest absolute Gasteiger partial charge is 0.251 e. The van der Waals surface area contributed by atoms with Crippen molar-refractivity contribution in [1.29, 1.82) is 0 Å². The van der Waals surface area contributed by atoms with E-state index < -0.39 is 6.04 Å². The summed E-state index contributed by atoms with van der Waals surface area (Å²) < 4.78 is 3.27. The summed E-state index contributed by atoms with van der Waals surface area (Å²) in [5.74, 6) is 0.0287. The van der Waals surface area contributed by atoms with Gasteiger partial charge in [0, 0.05) is 16.9 Å². The lowest BCUT2D eigenvalue weighted by atomic mass is 10.2. The van der Waals surface area contributed by atoms with Crippen molar-refractivity contribution in [2.24, 2.45) is 0 Å². The van der Waals surface area contributed by atoms with Crippen molar-refractivity contribution >= 4 is 23.5 Å². The molecule has 24 heavy (non-hydrogen) atoms. The third-order valence-electron chi connectivity index (χ3n) is 3.68. The molecule has 1 N–H and O–H groups in total. The molecule has 0 saturated carbocycles. The van der Waals surface area contributed by atoms with Crippen LogP contribution in [0.15, 0.2) is 42.9 Å². The maximum absolute atomic E-state index is 12.3. The Morgan fingerprint density at radius 1 is 1.33 bits per heavy atom. The van der Waals surface area contributed by atoms with Crippen LogP contribution in [0.5, 0.6) is 0 Å². The molecule has 1 aromatic carbocycles. The van der Waals surface area contributed by atoms with E-state index in [0.29, 0.717) is 11.6 Å². The van der Waals surface area contributed by atoms with E-state index in [0.717, 1.165) is 11.3 Å². The molecule has 0 aliphatic rings. The van der Waals surface area contributed by atoms with Gasteiger partial charge in [0.2, 0.25) is 5.95 Å². The van der Waals surface area contributed by atoms with Gasteiger partial charge in [-0.3, -0.25) is 14.8 Å². The van der Waals surface area contributed by atoms with E-state index in [1.54, 1.807) is 28.8 Å². The minimum Gasteiger partial charge on any atom is -0.291 e. The summed E-state index contributed by atoms with van der Waals surface area (Å²) in [6.07, 6.45) is 3.22. The molecule has 124 valence electrons. The Bertz CT molecular complexity index is 856. The molecule has 3 rings (SSSR count). The highest BCUT2D eigenvalue weighted by atomic mass is 35.5. The molecule has 2 heterocycles. The molecule has 8 heteroatoms. The number of rotatable bonds is 5. The molecule has 0 bridgehead atoms. The van der Waals surface area contributed by atoms with Crippen LogP contribution >= 0.6 is 11.6 Å². The number of hydrogen-bond donors (Lipinski definition) is 1. The van der Waals surface area contributed by atoms with E-state index in [1.165, 1.54) is 0 Å². The molecule has 3 aromatic rings. The molecule has 0 spiro atoms. The zero-order chi connectivity index (χ0) is 17.1. The van der Waals surface area contributed by atoms with Gasteiger partial charge in [0.1, 0.15) is 12.4 Å². The Labute approximate surface area is 144 Å². The Kier molecular flexibility index (Phi) is 4.61. The number of carbonyl (C=O) groups is 1. The Hall–Kier alpha value is -2.67. The van der Waals surface area contributed by atoms with Crippen LogP contribution in [0, 0.1) is 6.92 Å². The first kappa shape index (κ1) is 16.2. The van der Waals surface area contributed by atoms with Gasteiger partial charge in [-0.2, -0.15) is 5.10 Å². The molecule has 0 aliphatic heterocycles. The summed E-state index contributed by atoms with van der Waals surface area (Å²) in [4.78, 5) is 16.4. The van der Waals surface area contributed by atoms with E-state index in [-0.39, 0.29) is 11.9 Å². The van der Waals surface area contributed by atoms with Crippen LogP contribution in [-0.4, -0.2) is 30.5 Å². The maximum Gasteiger partial charge on any atom is 0.251 e. The summed E-state index contributed by atoms with van der Waals surface area (Å²) in [5.41, 5.74) is 1.84. The van der Waals surface area contributed by atoms with Crippen LogP contribution in [0.1, 0.15) is 24.2 Å². The predicted molar refractivity (Wildman–Crippen MR) is 90.9 cm³/mol. The van der Waals surface area contributed by atoms with Gasteiger partial charge < -0.3 is 0 Å². The van der Waals surface area contributed by atoms with Gasteiger partial charge in [-0.25, -0.2) is 9.67 Å². The average Bonchev–Trinajstić information content (AvgIpc) is 3.18. The highest BCUT2D eigenvalue weighted by Gasteiger charge is 2.18. The third-order valence-corrected chi connectivity index (χ3v) is 4.04. The molecule has 0 aliphatic carbocycles. The summed E-state index contributed by atoms with van der Waals surface area (Å²) in [6.45, 7) is 4.15. The van der Waals surface area contributed by atoms with Crippen LogP contribution in [0.2, 0.25) is 5.02 Å². The monoisotopic (exact) mass is 344 g/mol. The van der Waals surface area contributed by atoms with Crippen LogP contribution in [-0.2, 0) is 11.3 Å². The fourth-order valence-electron chi connectivity index (χ4n) is 2.34. The molecule has 0 fully saturated rings.